The van der Waals surface area contributed by atoms with Gasteiger partial charge in [-0.2, -0.15) is 0 Å². The van der Waals surface area contributed by atoms with Gasteiger partial charge in [0.15, 0.2) is 0 Å². The van der Waals surface area contributed by atoms with Crippen LogP contribution in [0.5, 0.6) is 0 Å². The zero-order valence-corrected chi connectivity index (χ0v) is 7.35. The summed E-state index contributed by atoms with van der Waals surface area (Å²) in [6.45, 7) is 8.51. The van der Waals surface area contributed by atoms with Crippen molar-refractivity contribution in [1.29, 1.82) is 0 Å². The maximum atomic E-state index is 5.55. The SMILES string of the molecule is CC(C)CCNCC(C)N. The van der Waals surface area contributed by atoms with Crippen LogP contribution in [-0.4, -0.2) is 19.1 Å². The second-order valence-electron chi connectivity index (χ2n) is 3.36. The standard InChI is InChI=1S/C8H20N2/c1-7(2)4-5-10-6-8(3)9/h7-8,10H,4-6,9H2,1-3H3. The van der Waals surface area contributed by atoms with E-state index in [4.69, 9.17) is 5.73 Å². The molecule has 0 heterocycles. The van der Waals surface area contributed by atoms with E-state index < -0.39 is 0 Å². The Labute approximate surface area is 64.2 Å². The molecule has 0 aliphatic heterocycles. The van der Waals surface area contributed by atoms with Crippen LogP contribution in [0.3, 0.4) is 0 Å². The van der Waals surface area contributed by atoms with Gasteiger partial charge in [-0.15, -0.1) is 0 Å². The molecule has 0 bridgehead atoms. The molecule has 62 valence electrons. The second-order valence-corrected chi connectivity index (χ2v) is 3.36. The Morgan fingerprint density at radius 1 is 1.30 bits per heavy atom. The van der Waals surface area contributed by atoms with E-state index in [0.717, 1.165) is 19.0 Å². The lowest BCUT2D eigenvalue weighted by Gasteiger charge is -2.08. The topological polar surface area (TPSA) is 38.0 Å². The molecule has 0 fully saturated rings. The molecule has 0 amide bonds. The lowest BCUT2D eigenvalue weighted by molar-refractivity contribution is 0.521. The van der Waals surface area contributed by atoms with Crippen LogP contribution in [0, 0.1) is 5.92 Å². The molecule has 0 aliphatic rings. The molecular formula is C8H20N2. The average Bonchev–Trinajstić information content (AvgIpc) is 1.79. The Hall–Kier alpha value is -0.0800. The minimum absolute atomic E-state index is 0.284. The van der Waals surface area contributed by atoms with Crippen LogP contribution in [0.15, 0.2) is 0 Å². The van der Waals surface area contributed by atoms with Crippen LogP contribution in [-0.2, 0) is 0 Å². The molecule has 0 spiro atoms. The summed E-state index contributed by atoms with van der Waals surface area (Å²) in [6.07, 6.45) is 1.24. The van der Waals surface area contributed by atoms with Gasteiger partial charge in [0.1, 0.15) is 0 Å². The largest absolute Gasteiger partial charge is 0.327 e. The minimum atomic E-state index is 0.284. The van der Waals surface area contributed by atoms with Crippen LogP contribution in [0.2, 0.25) is 0 Å². The van der Waals surface area contributed by atoms with E-state index in [1.54, 1.807) is 0 Å². The minimum Gasteiger partial charge on any atom is -0.327 e. The van der Waals surface area contributed by atoms with Crippen molar-refractivity contribution in [2.24, 2.45) is 11.7 Å². The Morgan fingerprint density at radius 3 is 2.30 bits per heavy atom. The molecule has 0 aromatic heterocycles. The van der Waals surface area contributed by atoms with Crippen molar-refractivity contribution in [3.8, 4) is 0 Å². The van der Waals surface area contributed by atoms with Gasteiger partial charge in [-0.25, -0.2) is 0 Å². The number of nitrogens with one attached hydrogen (secondary N) is 1. The maximum absolute atomic E-state index is 5.55. The van der Waals surface area contributed by atoms with Crippen LogP contribution >= 0.6 is 0 Å². The van der Waals surface area contributed by atoms with Crippen molar-refractivity contribution in [1.82, 2.24) is 5.32 Å². The predicted octanol–water partition coefficient (Wildman–Crippen LogP) is 0.969. The first-order chi connectivity index (χ1) is 4.63. The molecule has 0 aromatic rings. The average molecular weight is 144 g/mol. The number of hydrogen-bond acceptors (Lipinski definition) is 2. The third-order valence-corrected chi connectivity index (χ3v) is 1.36. The van der Waals surface area contributed by atoms with Gasteiger partial charge >= 0.3 is 0 Å². The highest BCUT2D eigenvalue weighted by Gasteiger charge is 1.94. The van der Waals surface area contributed by atoms with E-state index in [-0.39, 0.29) is 6.04 Å². The first kappa shape index (κ1) is 9.92. The van der Waals surface area contributed by atoms with Gasteiger partial charge in [-0.3, -0.25) is 0 Å². The Balaban J connectivity index is 2.91. The molecular weight excluding hydrogens is 124 g/mol. The molecule has 0 saturated heterocycles. The molecule has 0 aromatic carbocycles. The van der Waals surface area contributed by atoms with Gasteiger partial charge in [0, 0.05) is 12.6 Å². The van der Waals surface area contributed by atoms with Crippen molar-refractivity contribution in [2.45, 2.75) is 33.2 Å². The van der Waals surface area contributed by atoms with Gasteiger partial charge in [0.2, 0.25) is 0 Å². The molecule has 0 rings (SSSR count). The lowest BCUT2D eigenvalue weighted by atomic mass is 10.1. The molecule has 0 saturated carbocycles. The summed E-state index contributed by atoms with van der Waals surface area (Å²) in [5, 5.41) is 3.29. The normalized spacial score (nSPS) is 14.1. The molecule has 3 N–H and O–H groups in total. The Bertz CT molecular complexity index is 59.7. The van der Waals surface area contributed by atoms with Crippen molar-refractivity contribution >= 4 is 0 Å². The van der Waals surface area contributed by atoms with E-state index in [0.29, 0.717) is 0 Å². The van der Waals surface area contributed by atoms with Crippen molar-refractivity contribution < 1.29 is 0 Å². The third-order valence-electron chi connectivity index (χ3n) is 1.36. The summed E-state index contributed by atoms with van der Waals surface area (Å²) >= 11 is 0. The number of nitrogens with two attached hydrogens (primary N) is 1. The first-order valence-electron chi connectivity index (χ1n) is 4.09. The quantitative estimate of drug-likeness (QED) is 0.564. The van der Waals surface area contributed by atoms with E-state index in [2.05, 4.69) is 19.2 Å². The van der Waals surface area contributed by atoms with E-state index in [1.165, 1.54) is 6.42 Å². The van der Waals surface area contributed by atoms with Crippen molar-refractivity contribution in [3.05, 3.63) is 0 Å². The summed E-state index contributed by atoms with van der Waals surface area (Å²) < 4.78 is 0. The summed E-state index contributed by atoms with van der Waals surface area (Å²) in [7, 11) is 0. The molecule has 2 nitrogen and oxygen atoms in total. The first-order valence-corrected chi connectivity index (χ1v) is 4.09. The van der Waals surface area contributed by atoms with Gasteiger partial charge in [-0.1, -0.05) is 13.8 Å². The molecule has 1 unspecified atom stereocenters. The second kappa shape index (κ2) is 5.69. The molecule has 1 atom stereocenters. The van der Waals surface area contributed by atoms with Crippen LogP contribution < -0.4 is 11.1 Å². The van der Waals surface area contributed by atoms with Crippen molar-refractivity contribution in [2.75, 3.05) is 13.1 Å². The Kier molecular flexibility index (Phi) is 5.64. The van der Waals surface area contributed by atoms with E-state index in [9.17, 15) is 0 Å². The molecule has 2 heteroatoms. The zero-order chi connectivity index (χ0) is 7.98. The highest BCUT2D eigenvalue weighted by atomic mass is 14.9. The Morgan fingerprint density at radius 2 is 1.90 bits per heavy atom. The zero-order valence-electron chi connectivity index (χ0n) is 7.35. The van der Waals surface area contributed by atoms with Crippen LogP contribution in [0.25, 0.3) is 0 Å². The summed E-state index contributed by atoms with van der Waals surface area (Å²) in [4.78, 5) is 0. The number of rotatable bonds is 5. The number of hydrogen-bond donors (Lipinski definition) is 2. The molecule has 10 heavy (non-hydrogen) atoms. The van der Waals surface area contributed by atoms with Gasteiger partial charge in [0.05, 0.1) is 0 Å². The van der Waals surface area contributed by atoms with Gasteiger partial charge < -0.3 is 11.1 Å². The monoisotopic (exact) mass is 144 g/mol. The maximum Gasteiger partial charge on any atom is 0.0136 e. The van der Waals surface area contributed by atoms with Crippen LogP contribution in [0.4, 0.5) is 0 Å². The lowest BCUT2D eigenvalue weighted by Crippen LogP contribution is -2.31. The molecule has 0 aliphatic carbocycles. The fourth-order valence-electron chi connectivity index (χ4n) is 0.720. The van der Waals surface area contributed by atoms with E-state index >= 15 is 0 Å². The van der Waals surface area contributed by atoms with Gasteiger partial charge in [0.25, 0.3) is 0 Å². The fourth-order valence-corrected chi connectivity index (χ4v) is 0.720. The van der Waals surface area contributed by atoms with Crippen LogP contribution in [0.1, 0.15) is 27.2 Å². The van der Waals surface area contributed by atoms with Gasteiger partial charge in [-0.05, 0) is 25.8 Å². The fraction of sp³-hybridized carbons (Fsp3) is 1.00. The summed E-state index contributed by atoms with van der Waals surface area (Å²) in [6, 6.07) is 0.284. The highest BCUT2D eigenvalue weighted by Crippen LogP contribution is 1.95. The highest BCUT2D eigenvalue weighted by molar-refractivity contribution is 4.57. The van der Waals surface area contributed by atoms with Crippen molar-refractivity contribution in [3.63, 3.8) is 0 Å². The molecule has 0 radical (unpaired) electrons. The summed E-state index contributed by atoms with van der Waals surface area (Å²) in [5.41, 5.74) is 5.55. The smallest absolute Gasteiger partial charge is 0.0136 e. The van der Waals surface area contributed by atoms with E-state index in [1.807, 2.05) is 6.92 Å². The third kappa shape index (κ3) is 7.92. The predicted molar refractivity (Wildman–Crippen MR) is 46.0 cm³/mol. The summed E-state index contributed by atoms with van der Waals surface area (Å²) in [5.74, 6) is 0.792.